The number of halogens is 2. The SMILES string of the molecule is CSCCC(C(=O)OCC(=O)Nc1ccccc1OC(F)F)N1C(=O)c2ccccc2C1=O. The zero-order chi connectivity index (χ0) is 24.0. The van der Waals surface area contributed by atoms with E-state index in [1.54, 1.807) is 18.4 Å². The molecule has 0 saturated heterocycles. The number of carbonyl (C=O) groups is 4. The van der Waals surface area contributed by atoms with Gasteiger partial charge in [-0.1, -0.05) is 24.3 Å². The number of hydrogen-bond donors (Lipinski definition) is 1. The normalized spacial score (nSPS) is 13.6. The Kier molecular flexibility index (Phi) is 7.99. The first kappa shape index (κ1) is 24.2. The number of imide groups is 1. The van der Waals surface area contributed by atoms with Crippen molar-refractivity contribution in [1.29, 1.82) is 0 Å². The van der Waals surface area contributed by atoms with Gasteiger partial charge in [0.2, 0.25) is 0 Å². The first-order valence-electron chi connectivity index (χ1n) is 9.79. The number of nitrogens with zero attached hydrogens (tertiary/aromatic N) is 1. The largest absolute Gasteiger partial charge is 0.454 e. The minimum absolute atomic E-state index is 0.0295. The van der Waals surface area contributed by atoms with E-state index in [0.717, 1.165) is 4.90 Å². The second-order valence-electron chi connectivity index (χ2n) is 6.85. The van der Waals surface area contributed by atoms with Gasteiger partial charge in [-0.05, 0) is 42.7 Å². The highest BCUT2D eigenvalue weighted by atomic mass is 32.2. The fraction of sp³-hybridized carbons (Fsp3) is 0.273. The maximum atomic E-state index is 12.8. The lowest BCUT2D eigenvalue weighted by Crippen LogP contribution is -2.46. The summed E-state index contributed by atoms with van der Waals surface area (Å²) in [4.78, 5) is 51.4. The van der Waals surface area contributed by atoms with E-state index in [4.69, 9.17) is 4.74 Å². The van der Waals surface area contributed by atoms with Gasteiger partial charge in [0.1, 0.15) is 11.8 Å². The van der Waals surface area contributed by atoms with Gasteiger partial charge in [-0.2, -0.15) is 20.5 Å². The summed E-state index contributed by atoms with van der Waals surface area (Å²) in [6.45, 7) is -3.83. The van der Waals surface area contributed by atoms with Gasteiger partial charge < -0.3 is 14.8 Å². The van der Waals surface area contributed by atoms with Gasteiger partial charge in [-0.25, -0.2) is 4.79 Å². The highest BCUT2D eigenvalue weighted by Crippen LogP contribution is 2.27. The molecule has 1 unspecified atom stereocenters. The number of alkyl halides is 2. The standard InChI is InChI=1S/C22H20F2N2O6S/c1-33-11-10-16(26-19(28)13-6-2-3-7-14(13)20(26)29)21(30)31-12-18(27)25-15-8-4-5-9-17(15)32-22(23)24/h2-9,16,22H,10-12H2,1H3,(H,25,27). The number of para-hydroxylation sites is 2. The summed E-state index contributed by atoms with van der Waals surface area (Å²) >= 11 is 1.41. The Morgan fingerprint density at radius 2 is 1.64 bits per heavy atom. The lowest BCUT2D eigenvalue weighted by molar-refractivity contribution is -0.151. The number of rotatable bonds is 10. The van der Waals surface area contributed by atoms with Gasteiger partial charge in [0.25, 0.3) is 17.7 Å². The molecule has 1 heterocycles. The fourth-order valence-electron chi connectivity index (χ4n) is 3.26. The van der Waals surface area contributed by atoms with Crippen LogP contribution in [-0.4, -0.2) is 59.9 Å². The molecule has 8 nitrogen and oxygen atoms in total. The molecule has 0 aromatic heterocycles. The third kappa shape index (κ3) is 5.67. The van der Waals surface area contributed by atoms with Crippen molar-refractivity contribution in [3.63, 3.8) is 0 Å². The molecule has 33 heavy (non-hydrogen) atoms. The van der Waals surface area contributed by atoms with E-state index in [0.29, 0.717) is 5.75 Å². The third-order valence-corrected chi connectivity index (χ3v) is 5.37. The van der Waals surface area contributed by atoms with Crippen LogP contribution in [-0.2, 0) is 14.3 Å². The van der Waals surface area contributed by atoms with Crippen LogP contribution in [0, 0.1) is 0 Å². The fourth-order valence-corrected chi connectivity index (χ4v) is 3.72. The minimum Gasteiger partial charge on any atom is -0.454 e. The summed E-state index contributed by atoms with van der Waals surface area (Å²) in [6, 6.07) is 10.5. The molecule has 1 N–H and O–H groups in total. The molecule has 2 aromatic carbocycles. The summed E-state index contributed by atoms with van der Waals surface area (Å²) in [5, 5.41) is 2.33. The van der Waals surface area contributed by atoms with Crippen molar-refractivity contribution in [2.24, 2.45) is 0 Å². The van der Waals surface area contributed by atoms with Crippen molar-refractivity contribution in [2.75, 3.05) is 23.9 Å². The average Bonchev–Trinajstić information content (AvgIpc) is 3.04. The Bertz CT molecular complexity index is 1030. The smallest absolute Gasteiger partial charge is 0.387 e. The molecule has 3 rings (SSSR count). The number of fused-ring (bicyclic) bond motifs is 1. The van der Waals surface area contributed by atoms with Crippen LogP contribution in [0.3, 0.4) is 0 Å². The lowest BCUT2D eigenvalue weighted by Gasteiger charge is -2.24. The molecule has 0 bridgehead atoms. The zero-order valence-corrected chi connectivity index (χ0v) is 18.3. The number of hydrogen-bond acceptors (Lipinski definition) is 7. The Hall–Kier alpha value is -3.47. The monoisotopic (exact) mass is 478 g/mol. The van der Waals surface area contributed by atoms with Crippen molar-refractivity contribution in [1.82, 2.24) is 4.90 Å². The first-order valence-corrected chi connectivity index (χ1v) is 11.2. The Balaban J connectivity index is 1.68. The van der Waals surface area contributed by atoms with Crippen molar-refractivity contribution in [2.45, 2.75) is 19.1 Å². The quantitative estimate of drug-likeness (QED) is 0.413. The highest BCUT2D eigenvalue weighted by Gasteiger charge is 2.43. The van der Waals surface area contributed by atoms with E-state index < -0.39 is 43.0 Å². The van der Waals surface area contributed by atoms with Crippen molar-refractivity contribution >= 4 is 41.1 Å². The van der Waals surface area contributed by atoms with Crippen LogP contribution in [0.25, 0.3) is 0 Å². The topological polar surface area (TPSA) is 102 Å². The first-order chi connectivity index (χ1) is 15.8. The highest BCUT2D eigenvalue weighted by molar-refractivity contribution is 7.98. The summed E-state index contributed by atoms with van der Waals surface area (Å²) in [6.07, 6.45) is 1.94. The molecule has 11 heteroatoms. The van der Waals surface area contributed by atoms with Crippen LogP contribution in [0.5, 0.6) is 5.75 Å². The maximum absolute atomic E-state index is 12.8. The van der Waals surface area contributed by atoms with Gasteiger partial charge in [0, 0.05) is 0 Å². The van der Waals surface area contributed by atoms with E-state index in [9.17, 15) is 28.0 Å². The number of thioether (sulfide) groups is 1. The number of amides is 3. The summed E-state index contributed by atoms with van der Waals surface area (Å²) in [7, 11) is 0. The van der Waals surface area contributed by atoms with Crippen LogP contribution in [0.1, 0.15) is 27.1 Å². The molecule has 1 atom stereocenters. The second kappa shape index (κ2) is 10.9. The molecular formula is C22H20F2N2O6S. The molecule has 2 aromatic rings. The van der Waals surface area contributed by atoms with E-state index >= 15 is 0 Å². The van der Waals surface area contributed by atoms with Gasteiger partial charge in [-0.3, -0.25) is 19.3 Å². The lowest BCUT2D eigenvalue weighted by atomic mass is 10.1. The van der Waals surface area contributed by atoms with Crippen molar-refractivity contribution in [3.8, 4) is 5.75 Å². The van der Waals surface area contributed by atoms with Crippen LogP contribution < -0.4 is 10.1 Å². The Labute approximate surface area is 192 Å². The van der Waals surface area contributed by atoms with E-state index in [2.05, 4.69) is 10.1 Å². The van der Waals surface area contributed by atoms with Crippen LogP contribution in [0.15, 0.2) is 48.5 Å². The number of esters is 1. The van der Waals surface area contributed by atoms with E-state index in [-0.39, 0.29) is 29.0 Å². The molecule has 0 spiro atoms. The average molecular weight is 478 g/mol. The summed E-state index contributed by atoms with van der Waals surface area (Å²) in [5.41, 5.74) is 0.355. The van der Waals surface area contributed by atoms with E-state index in [1.165, 1.54) is 48.2 Å². The predicted octanol–water partition coefficient (Wildman–Crippen LogP) is 3.19. The molecule has 0 aliphatic carbocycles. The second-order valence-corrected chi connectivity index (χ2v) is 7.84. The Morgan fingerprint density at radius 3 is 2.24 bits per heavy atom. The number of nitrogens with one attached hydrogen (secondary N) is 1. The molecule has 1 aliphatic rings. The molecule has 1 aliphatic heterocycles. The van der Waals surface area contributed by atoms with Crippen molar-refractivity contribution < 1.29 is 37.4 Å². The molecule has 3 amide bonds. The molecular weight excluding hydrogens is 458 g/mol. The predicted molar refractivity (Wildman–Crippen MR) is 116 cm³/mol. The number of anilines is 1. The van der Waals surface area contributed by atoms with Crippen molar-refractivity contribution in [3.05, 3.63) is 59.7 Å². The molecule has 174 valence electrons. The number of ether oxygens (including phenoxy) is 2. The van der Waals surface area contributed by atoms with Gasteiger partial charge in [0.15, 0.2) is 6.61 Å². The van der Waals surface area contributed by atoms with Gasteiger partial charge in [-0.15, -0.1) is 0 Å². The number of benzene rings is 2. The Morgan fingerprint density at radius 1 is 1.03 bits per heavy atom. The van der Waals surface area contributed by atoms with Gasteiger partial charge in [0.05, 0.1) is 16.8 Å². The molecule has 0 fully saturated rings. The summed E-state index contributed by atoms with van der Waals surface area (Å²) in [5.74, 6) is -2.75. The number of carbonyl (C=O) groups excluding carboxylic acids is 4. The maximum Gasteiger partial charge on any atom is 0.387 e. The molecule has 0 saturated carbocycles. The third-order valence-electron chi connectivity index (χ3n) is 4.73. The minimum atomic E-state index is -3.09. The summed E-state index contributed by atoms with van der Waals surface area (Å²) < 4.78 is 34.5. The zero-order valence-electron chi connectivity index (χ0n) is 17.5. The molecule has 0 radical (unpaired) electrons. The van der Waals surface area contributed by atoms with Crippen LogP contribution in [0.2, 0.25) is 0 Å². The van der Waals surface area contributed by atoms with E-state index in [1.807, 2.05) is 0 Å². The van der Waals surface area contributed by atoms with Crippen LogP contribution >= 0.6 is 11.8 Å². The van der Waals surface area contributed by atoms with Gasteiger partial charge >= 0.3 is 12.6 Å². The van der Waals surface area contributed by atoms with Crippen LogP contribution in [0.4, 0.5) is 14.5 Å².